The monoisotopic (exact) mass is 339 g/mol. The number of unbranched alkanes of at least 4 members (excludes halogenated alkanes) is 1. The summed E-state index contributed by atoms with van der Waals surface area (Å²) < 4.78 is 0. The number of hydrogen-bond donors (Lipinski definition) is 2. The molecule has 5 nitrogen and oxygen atoms in total. The van der Waals surface area contributed by atoms with Crippen LogP contribution in [-0.4, -0.2) is 74.7 Å². The normalized spacial score (nSPS) is 18.8. The van der Waals surface area contributed by atoms with Gasteiger partial charge in [0.1, 0.15) is 0 Å². The summed E-state index contributed by atoms with van der Waals surface area (Å²) in [6.45, 7) is 17.4. The molecule has 0 amide bonds. The highest BCUT2D eigenvalue weighted by Crippen LogP contribution is 2.06. The molecule has 24 heavy (non-hydrogen) atoms. The maximum absolute atomic E-state index is 4.34. The van der Waals surface area contributed by atoms with Gasteiger partial charge in [0.25, 0.3) is 0 Å². The minimum Gasteiger partial charge on any atom is -0.356 e. The van der Waals surface area contributed by atoms with E-state index in [2.05, 4.69) is 53.1 Å². The lowest BCUT2D eigenvalue weighted by molar-refractivity contribution is 0.136. The molecule has 0 aliphatic carbocycles. The minimum atomic E-state index is 0.480. The molecule has 0 saturated carbocycles. The number of aliphatic imine (C=N–C) groups is 1. The van der Waals surface area contributed by atoms with E-state index in [1.54, 1.807) is 0 Å². The van der Waals surface area contributed by atoms with E-state index in [-0.39, 0.29) is 0 Å². The molecule has 1 aliphatic rings. The van der Waals surface area contributed by atoms with Gasteiger partial charge in [-0.05, 0) is 51.6 Å². The summed E-state index contributed by atoms with van der Waals surface area (Å²) in [5.41, 5.74) is 0. The molecular weight excluding hydrogens is 298 g/mol. The fourth-order valence-corrected chi connectivity index (χ4v) is 3.08. The van der Waals surface area contributed by atoms with Crippen LogP contribution in [-0.2, 0) is 0 Å². The second kappa shape index (κ2) is 12.5. The summed E-state index contributed by atoms with van der Waals surface area (Å²) in [4.78, 5) is 9.48. The average molecular weight is 340 g/mol. The van der Waals surface area contributed by atoms with E-state index in [1.807, 2.05) is 7.05 Å². The summed E-state index contributed by atoms with van der Waals surface area (Å²) in [6, 6.07) is 0.480. The number of nitrogens with zero attached hydrogens (tertiary/aromatic N) is 3. The molecule has 142 valence electrons. The molecule has 1 rings (SSSR count). The average Bonchev–Trinajstić information content (AvgIpc) is 2.59. The van der Waals surface area contributed by atoms with Crippen LogP contribution in [0.25, 0.3) is 0 Å². The molecule has 0 spiro atoms. The van der Waals surface area contributed by atoms with Crippen LogP contribution >= 0.6 is 0 Å². The molecule has 1 aliphatic heterocycles. The van der Waals surface area contributed by atoms with E-state index in [1.165, 1.54) is 65.0 Å². The van der Waals surface area contributed by atoms with Crippen LogP contribution in [0.4, 0.5) is 0 Å². The van der Waals surface area contributed by atoms with Crippen molar-refractivity contribution in [2.24, 2.45) is 10.9 Å². The lowest BCUT2D eigenvalue weighted by atomic mass is 10.0. The Labute approximate surface area is 150 Å². The first-order chi connectivity index (χ1) is 11.5. The number of rotatable bonds is 10. The Morgan fingerprint density at radius 2 is 1.67 bits per heavy atom. The van der Waals surface area contributed by atoms with Crippen molar-refractivity contribution in [1.82, 2.24) is 20.4 Å². The highest BCUT2D eigenvalue weighted by atomic mass is 15.3. The molecule has 1 saturated heterocycles. The van der Waals surface area contributed by atoms with Gasteiger partial charge < -0.3 is 20.4 Å². The minimum absolute atomic E-state index is 0.480. The van der Waals surface area contributed by atoms with Gasteiger partial charge in [0.2, 0.25) is 0 Å². The fraction of sp³-hybridized carbons (Fsp3) is 0.947. The predicted molar refractivity (Wildman–Crippen MR) is 106 cm³/mol. The van der Waals surface area contributed by atoms with Crippen LogP contribution in [0.1, 0.15) is 53.4 Å². The zero-order chi connectivity index (χ0) is 17.8. The van der Waals surface area contributed by atoms with E-state index in [9.17, 15) is 0 Å². The Morgan fingerprint density at radius 3 is 2.25 bits per heavy atom. The zero-order valence-corrected chi connectivity index (χ0v) is 16.8. The SMILES string of the molecule is CCN1CCN(CCCCNC(=NC)NC(C)CCC(C)C)CC1. The van der Waals surface area contributed by atoms with Gasteiger partial charge in [-0.2, -0.15) is 0 Å². The number of hydrogen-bond acceptors (Lipinski definition) is 3. The zero-order valence-electron chi connectivity index (χ0n) is 16.8. The van der Waals surface area contributed by atoms with Crippen LogP contribution in [0.2, 0.25) is 0 Å². The van der Waals surface area contributed by atoms with Crippen LogP contribution in [0.3, 0.4) is 0 Å². The molecular formula is C19H41N5. The highest BCUT2D eigenvalue weighted by molar-refractivity contribution is 5.79. The number of guanidine groups is 1. The number of likely N-dealkylation sites (N-methyl/N-ethyl adjacent to an activating group) is 1. The van der Waals surface area contributed by atoms with Gasteiger partial charge >= 0.3 is 0 Å². The Balaban J connectivity index is 2.06. The van der Waals surface area contributed by atoms with E-state index >= 15 is 0 Å². The van der Waals surface area contributed by atoms with Gasteiger partial charge in [0, 0.05) is 45.8 Å². The summed E-state index contributed by atoms with van der Waals surface area (Å²) in [6.07, 6.45) is 4.92. The third kappa shape index (κ3) is 9.48. The molecule has 0 radical (unpaired) electrons. The molecule has 1 atom stereocenters. The van der Waals surface area contributed by atoms with Gasteiger partial charge in [-0.25, -0.2) is 0 Å². The van der Waals surface area contributed by atoms with Crippen LogP contribution in [0.15, 0.2) is 4.99 Å². The van der Waals surface area contributed by atoms with Crippen molar-refractivity contribution in [2.75, 3.05) is 52.9 Å². The lowest BCUT2D eigenvalue weighted by Gasteiger charge is -2.34. The van der Waals surface area contributed by atoms with Gasteiger partial charge in [-0.3, -0.25) is 4.99 Å². The summed E-state index contributed by atoms with van der Waals surface area (Å²) in [7, 11) is 1.86. The Hall–Kier alpha value is -0.810. The standard InChI is InChI=1S/C19H41N5/c1-6-23-13-15-24(16-14-23)12-8-7-11-21-19(20-5)22-18(4)10-9-17(2)3/h17-18H,6-16H2,1-5H3,(H2,20,21,22). The highest BCUT2D eigenvalue weighted by Gasteiger charge is 2.14. The summed E-state index contributed by atoms with van der Waals surface area (Å²) in [5, 5.41) is 6.95. The topological polar surface area (TPSA) is 42.9 Å². The third-order valence-corrected chi connectivity index (χ3v) is 4.89. The van der Waals surface area contributed by atoms with Crippen molar-refractivity contribution < 1.29 is 0 Å². The summed E-state index contributed by atoms with van der Waals surface area (Å²) >= 11 is 0. The van der Waals surface area contributed by atoms with Crippen molar-refractivity contribution in [3.8, 4) is 0 Å². The number of piperazine rings is 1. The Bertz CT molecular complexity index is 335. The largest absolute Gasteiger partial charge is 0.356 e. The first kappa shape index (κ1) is 21.2. The van der Waals surface area contributed by atoms with E-state index in [4.69, 9.17) is 0 Å². The number of nitrogens with one attached hydrogen (secondary N) is 2. The van der Waals surface area contributed by atoms with Gasteiger partial charge in [0.05, 0.1) is 0 Å². The molecule has 1 heterocycles. The predicted octanol–water partition coefficient (Wildman–Crippen LogP) is 2.39. The fourth-order valence-electron chi connectivity index (χ4n) is 3.08. The molecule has 1 fully saturated rings. The van der Waals surface area contributed by atoms with Crippen LogP contribution < -0.4 is 10.6 Å². The smallest absolute Gasteiger partial charge is 0.191 e. The van der Waals surface area contributed by atoms with Gasteiger partial charge in [0.15, 0.2) is 5.96 Å². The molecule has 0 aromatic rings. The molecule has 5 heteroatoms. The molecule has 0 aromatic carbocycles. The maximum Gasteiger partial charge on any atom is 0.191 e. The lowest BCUT2D eigenvalue weighted by Crippen LogP contribution is -2.46. The van der Waals surface area contributed by atoms with Crippen molar-refractivity contribution >= 4 is 5.96 Å². The Kier molecular flexibility index (Phi) is 11.1. The van der Waals surface area contributed by atoms with Crippen molar-refractivity contribution in [3.63, 3.8) is 0 Å². The third-order valence-electron chi connectivity index (χ3n) is 4.89. The second-order valence-electron chi connectivity index (χ2n) is 7.50. The van der Waals surface area contributed by atoms with Gasteiger partial charge in [-0.15, -0.1) is 0 Å². The summed E-state index contributed by atoms with van der Waals surface area (Å²) in [5.74, 6) is 1.71. The van der Waals surface area contributed by atoms with Crippen molar-refractivity contribution in [1.29, 1.82) is 0 Å². The van der Waals surface area contributed by atoms with Crippen LogP contribution in [0.5, 0.6) is 0 Å². The Morgan fingerprint density at radius 1 is 1.00 bits per heavy atom. The van der Waals surface area contributed by atoms with Crippen LogP contribution in [0, 0.1) is 5.92 Å². The molecule has 0 aromatic heterocycles. The molecule has 1 unspecified atom stereocenters. The van der Waals surface area contributed by atoms with Gasteiger partial charge in [-0.1, -0.05) is 20.8 Å². The van der Waals surface area contributed by atoms with Crippen molar-refractivity contribution in [2.45, 2.75) is 59.4 Å². The first-order valence-corrected chi connectivity index (χ1v) is 9.97. The maximum atomic E-state index is 4.34. The molecule has 2 N–H and O–H groups in total. The first-order valence-electron chi connectivity index (χ1n) is 9.97. The molecule has 0 bridgehead atoms. The van der Waals surface area contributed by atoms with E-state index in [0.717, 1.165) is 18.4 Å². The van der Waals surface area contributed by atoms with Crippen molar-refractivity contribution in [3.05, 3.63) is 0 Å². The second-order valence-corrected chi connectivity index (χ2v) is 7.50. The van der Waals surface area contributed by atoms with E-state index < -0.39 is 0 Å². The van der Waals surface area contributed by atoms with E-state index in [0.29, 0.717) is 6.04 Å². The quantitative estimate of drug-likeness (QED) is 0.364.